The summed E-state index contributed by atoms with van der Waals surface area (Å²) in [5.41, 5.74) is 0. The van der Waals surface area contributed by atoms with Crippen molar-refractivity contribution in [3.05, 3.63) is 0 Å². The number of rotatable bonds is 6. The quantitative estimate of drug-likeness (QED) is 0.652. The lowest BCUT2D eigenvalue weighted by Crippen LogP contribution is -2.36. The van der Waals surface area contributed by atoms with Crippen molar-refractivity contribution < 1.29 is 9.47 Å². The fourth-order valence-corrected chi connectivity index (χ4v) is 1.77. The first-order valence-corrected chi connectivity index (χ1v) is 5.84. The minimum Gasteiger partial charge on any atom is -0.381 e. The summed E-state index contributed by atoms with van der Waals surface area (Å²) in [6.07, 6.45) is 5.08. The molecule has 14 heavy (non-hydrogen) atoms. The molecule has 0 spiro atoms. The van der Waals surface area contributed by atoms with Crippen LogP contribution in [0.2, 0.25) is 0 Å². The van der Waals surface area contributed by atoms with Crippen molar-refractivity contribution >= 4 is 0 Å². The monoisotopic (exact) mass is 199 g/mol. The third-order valence-corrected chi connectivity index (χ3v) is 2.95. The highest BCUT2D eigenvalue weighted by Gasteiger charge is 2.21. The lowest BCUT2D eigenvalue weighted by molar-refractivity contribution is 0.0722. The summed E-state index contributed by atoms with van der Waals surface area (Å²) in [6.45, 7) is 4.68. The van der Waals surface area contributed by atoms with E-state index in [1.165, 1.54) is 12.8 Å². The molecule has 2 fully saturated rings. The van der Waals surface area contributed by atoms with Crippen LogP contribution >= 0.6 is 0 Å². The van der Waals surface area contributed by atoms with Crippen LogP contribution in [-0.4, -0.2) is 39.0 Å². The van der Waals surface area contributed by atoms with Crippen LogP contribution in [0.25, 0.3) is 0 Å². The third-order valence-electron chi connectivity index (χ3n) is 2.95. The second kappa shape index (κ2) is 5.69. The Bertz CT molecular complexity index is 153. The van der Waals surface area contributed by atoms with Gasteiger partial charge in [0, 0.05) is 32.4 Å². The summed E-state index contributed by atoms with van der Waals surface area (Å²) < 4.78 is 10.9. The Balaban J connectivity index is 1.41. The normalized spacial score (nSPS) is 24.0. The summed E-state index contributed by atoms with van der Waals surface area (Å²) in [6, 6.07) is 0.660. The van der Waals surface area contributed by atoms with Gasteiger partial charge in [0.05, 0.1) is 6.61 Å². The van der Waals surface area contributed by atoms with Gasteiger partial charge in [0.15, 0.2) is 0 Å². The molecule has 1 heterocycles. The Morgan fingerprint density at radius 2 is 1.93 bits per heavy atom. The molecule has 82 valence electrons. The smallest absolute Gasteiger partial charge is 0.0591 e. The van der Waals surface area contributed by atoms with E-state index in [9.17, 15) is 0 Å². The van der Waals surface area contributed by atoms with Gasteiger partial charge >= 0.3 is 0 Å². The van der Waals surface area contributed by atoms with Gasteiger partial charge in [-0.2, -0.15) is 0 Å². The third kappa shape index (κ3) is 3.95. The summed E-state index contributed by atoms with van der Waals surface area (Å²) in [5.74, 6) is 0.887. The minimum absolute atomic E-state index is 0.660. The van der Waals surface area contributed by atoms with E-state index in [1.807, 2.05) is 0 Å². The number of nitrogens with one attached hydrogen (secondary N) is 1. The van der Waals surface area contributed by atoms with E-state index in [2.05, 4.69) is 5.32 Å². The maximum atomic E-state index is 5.55. The Morgan fingerprint density at radius 1 is 1.14 bits per heavy atom. The Labute approximate surface area is 86.2 Å². The molecule has 0 atom stereocenters. The fourth-order valence-electron chi connectivity index (χ4n) is 1.77. The molecule has 0 unspecified atom stereocenters. The highest BCUT2D eigenvalue weighted by molar-refractivity contribution is 4.72. The summed E-state index contributed by atoms with van der Waals surface area (Å²) in [4.78, 5) is 0. The second-order valence-electron chi connectivity index (χ2n) is 4.36. The molecule has 1 saturated heterocycles. The average Bonchev–Trinajstić information content (AvgIpc) is 3.03. The molecule has 1 N–H and O–H groups in total. The minimum atomic E-state index is 0.660. The van der Waals surface area contributed by atoms with E-state index >= 15 is 0 Å². The summed E-state index contributed by atoms with van der Waals surface area (Å²) in [7, 11) is 0. The van der Waals surface area contributed by atoms with Crippen LogP contribution < -0.4 is 5.32 Å². The average molecular weight is 199 g/mol. The molecule has 0 aromatic heterocycles. The van der Waals surface area contributed by atoms with Gasteiger partial charge < -0.3 is 14.8 Å². The van der Waals surface area contributed by atoms with Crippen molar-refractivity contribution in [1.82, 2.24) is 5.32 Å². The van der Waals surface area contributed by atoms with E-state index in [1.54, 1.807) is 0 Å². The van der Waals surface area contributed by atoms with E-state index in [4.69, 9.17) is 9.47 Å². The molecule has 0 radical (unpaired) electrons. The molecule has 2 aliphatic rings. The van der Waals surface area contributed by atoms with Gasteiger partial charge in [0.1, 0.15) is 0 Å². The summed E-state index contributed by atoms with van der Waals surface area (Å²) >= 11 is 0. The Morgan fingerprint density at radius 3 is 2.64 bits per heavy atom. The maximum absolute atomic E-state index is 5.55. The lowest BCUT2D eigenvalue weighted by atomic mass is 10.1. The van der Waals surface area contributed by atoms with Gasteiger partial charge in [0.2, 0.25) is 0 Å². The van der Waals surface area contributed by atoms with Gasteiger partial charge in [-0.05, 0) is 31.6 Å². The maximum Gasteiger partial charge on any atom is 0.0591 e. The van der Waals surface area contributed by atoms with Crippen LogP contribution in [0.4, 0.5) is 0 Å². The molecule has 1 saturated carbocycles. The number of hydrogen-bond donors (Lipinski definition) is 1. The van der Waals surface area contributed by atoms with Crippen LogP contribution in [0, 0.1) is 5.92 Å². The molecule has 0 amide bonds. The fraction of sp³-hybridized carbons (Fsp3) is 1.00. The summed E-state index contributed by atoms with van der Waals surface area (Å²) in [5, 5.41) is 3.51. The first kappa shape index (κ1) is 10.4. The van der Waals surface area contributed by atoms with Crippen LogP contribution in [-0.2, 0) is 9.47 Å². The van der Waals surface area contributed by atoms with E-state index < -0.39 is 0 Å². The molecule has 3 heteroatoms. The van der Waals surface area contributed by atoms with Crippen LogP contribution in [0.3, 0.4) is 0 Å². The van der Waals surface area contributed by atoms with Crippen molar-refractivity contribution in [3.8, 4) is 0 Å². The standard InChI is InChI=1S/C11H21NO2/c1-2-10(1)9-14-8-5-12-11-3-6-13-7-4-11/h10-12H,1-9H2. The highest BCUT2D eigenvalue weighted by atomic mass is 16.5. The first-order valence-electron chi connectivity index (χ1n) is 5.84. The first-order chi connectivity index (χ1) is 6.95. The molecule has 0 aromatic rings. The molecule has 3 nitrogen and oxygen atoms in total. The van der Waals surface area contributed by atoms with Gasteiger partial charge in [-0.15, -0.1) is 0 Å². The molecule has 0 aromatic carbocycles. The van der Waals surface area contributed by atoms with Crippen molar-refractivity contribution in [2.45, 2.75) is 31.7 Å². The second-order valence-corrected chi connectivity index (χ2v) is 4.36. The van der Waals surface area contributed by atoms with Crippen LogP contribution in [0.5, 0.6) is 0 Å². The van der Waals surface area contributed by atoms with Crippen molar-refractivity contribution in [2.75, 3.05) is 33.0 Å². The predicted molar refractivity (Wildman–Crippen MR) is 55.4 cm³/mol. The molecule has 1 aliphatic carbocycles. The SMILES string of the molecule is C(COCC1CC1)NC1CCOCC1. The zero-order valence-electron chi connectivity index (χ0n) is 8.84. The van der Waals surface area contributed by atoms with Gasteiger partial charge in [-0.25, -0.2) is 0 Å². The van der Waals surface area contributed by atoms with E-state index in [-0.39, 0.29) is 0 Å². The molecule has 0 bridgehead atoms. The number of ether oxygens (including phenoxy) is 2. The van der Waals surface area contributed by atoms with Crippen molar-refractivity contribution in [2.24, 2.45) is 5.92 Å². The van der Waals surface area contributed by atoms with Crippen molar-refractivity contribution in [3.63, 3.8) is 0 Å². The lowest BCUT2D eigenvalue weighted by Gasteiger charge is -2.23. The van der Waals surface area contributed by atoms with Crippen LogP contribution in [0.15, 0.2) is 0 Å². The van der Waals surface area contributed by atoms with Gasteiger partial charge in [-0.3, -0.25) is 0 Å². The number of hydrogen-bond acceptors (Lipinski definition) is 3. The van der Waals surface area contributed by atoms with E-state index in [0.29, 0.717) is 6.04 Å². The largest absolute Gasteiger partial charge is 0.381 e. The van der Waals surface area contributed by atoms with E-state index in [0.717, 1.165) is 51.7 Å². The zero-order valence-corrected chi connectivity index (χ0v) is 8.84. The zero-order chi connectivity index (χ0) is 9.64. The predicted octanol–water partition coefficient (Wildman–Crippen LogP) is 1.18. The van der Waals surface area contributed by atoms with Gasteiger partial charge in [0.25, 0.3) is 0 Å². The molecule has 1 aliphatic heterocycles. The molecule has 2 rings (SSSR count). The van der Waals surface area contributed by atoms with Gasteiger partial charge in [-0.1, -0.05) is 0 Å². The molecular weight excluding hydrogens is 178 g/mol. The van der Waals surface area contributed by atoms with Crippen molar-refractivity contribution in [1.29, 1.82) is 0 Å². The Kier molecular flexibility index (Phi) is 4.22. The van der Waals surface area contributed by atoms with Crippen LogP contribution in [0.1, 0.15) is 25.7 Å². The molecular formula is C11H21NO2. The topological polar surface area (TPSA) is 30.5 Å². The Hall–Kier alpha value is -0.120. The highest BCUT2D eigenvalue weighted by Crippen LogP contribution is 2.28.